The summed E-state index contributed by atoms with van der Waals surface area (Å²) in [6.45, 7) is 0. The van der Waals surface area contributed by atoms with Crippen LogP contribution in [0.4, 0.5) is 0 Å². The number of benzene rings is 1. The molecular weight excluding hydrogens is 328 g/mol. The maximum atomic E-state index is 11.8. The van der Waals surface area contributed by atoms with Crippen molar-refractivity contribution in [2.45, 2.75) is 0 Å². The van der Waals surface area contributed by atoms with Gasteiger partial charge in [-0.3, -0.25) is 0 Å². The van der Waals surface area contributed by atoms with Gasteiger partial charge < -0.3 is 9.15 Å². The summed E-state index contributed by atoms with van der Waals surface area (Å²) < 4.78 is 12.3. The first kappa shape index (κ1) is 12.5. The molecule has 0 N–H and O–H groups in total. The lowest BCUT2D eigenvalue weighted by molar-refractivity contribution is 0.0700. The first-order valence-electron chi connectivity index (χ1n) is 5.53. The molecule has 8 heteroatoms. The van der Waals surface area contributed by atoms with Gasteiger partial charge in [0.2, 0.25) is 5.76 Å². The summed E-state index contributed by atoms with van der Waals surface area (Å²) >= 11 is 3.12. The normalized spacial score (nSPS) is 10.4. The van der Waals surface area contributed by atoms with Gasteiger partial charge in [-0.2, -0.15) is 0 Å². The second-order valence-corrected chi connectivity index (χ2v) is 4.53. The molecule has 1 aromatic carbocycles. The van der Waals surface area contributed by atoms with Gasteiger partial charge in [0.25, 0.3) is 0 Å². The molecule has 0 amide bonds. The van der Waals surface area contributed by atoms with Crippen molar-refractivity contribution >= 4 is 21.9 Å². The quantitative estimate of drug-likeness (QED) is 0.539. The zero-order valence-corrected chi connectivity index (χ0v) is 11.5. The zero-order valence-electron chi connectivity index (χ0n) is 9.93. The predicted octanol–water partition coefficient (Wildman–Crippen LogP) is 2.24. The molecule has 3 rings (SSSR count). The first-order valence-corrected chi connectivity index (χ1v) is 6.32. The summed E-state index contributed by atoms with van der Waals surface area (Å²) in [5.41, 5.74) is 0.681. The number of halogens is 1. The van der Waals surface area contributed by atoms with E-state index in [2.05, 4.69) is 31.5 Å². The van der Waals surface area contributed by atoms with Gasteiger partial charge in [-0.15, -0.1) is 5.10 Å². The van der Waals surface area contributed by atoms with Crippen LogP contribution in [0.15, 0.2) is 51.8 Å². The molecule has 3 aromatic rings. The van der Waals surface area contributed by atoms with Crippen LogP contribution >= 0.6 is 15.9 Å². The maximum absolute atomic E-state index is 11.8. The van der Waals surface area contributed by atoms with Crippen LogP contribution in [0.2, 0.25) is 0 Å². The van der Waals surface area contributed by atoms with Gasteiger partial charge in [-0.25, -0.2) is 9.48 Å². The molecule has 0 atom stereocenters. The molecule has 0 saturated carbocycles. The SMILES string of the molecule is O=C(Oc1cccc(-n2cnnn2)c1)c1ccc(Br)o1. The third-order valence-corrected chi connectivity index (χ3v) is 2.84. The lowest BCUT2D eigenvalue weighted by Gasteiger charge is -2.04. The van der Waals surface area contributed by atoms with Crippen LogP contribution in [-0.2, 0) is 0 Å². The number of aromatic nitrogens is 4. The molecule has 0 aliphatic carbocycles. The predicted molar refractivity (Wildman–Crippen MR) is 70.5 cm³/mol. The van der Waals surface area contributed by atoms with Gasteiger partial charge in [0.15, 0.2) is 4.67 Å². The van der Waals surface area contributed by atoms with Gasteiger partial charge in [0, 0.05) is 6.07 Å². The van der Waals surface area contributed by atoms with E-state index < -0.39 is 5.97 Å². The molecule has 0 saturated heterocycles. The van der Waals surface area contributed by atoms with Crippen LogP contribution in [0, 0.1) is 0 Å². The average molecular weight is 335 g/mol. The van der Waals surface area contributed by atoms with Crippen LogP contribution in [0.25, 0.3) is 5.69 Å². The minimum absolute atomic E-state index is 0.115. The number of ether oxygens (including phenoxy) is 1. The van der Waals surface area contributed by atoms with Crippen molar-refractivity contribution in [3.05, 3.63) is 53.2 Å². The topological polar surface area (TPSA) is 83.0 Å². The standard InChI is InChI=1S/C12H7BrN4O3/c13-11-5-4-10(20-11)12(18)19-9-3-1-2-8(6-9)17-7-14-15-16-17/h1-7H. The van der Waals surface area contributed by atoms with E-state index in [0.29, 0.717) is 16.1 Å². The average Bonchev–Trinajstić information content (AvgIpc) is 3.10. The van der Waals surface area contributed by atoms with Crippen LogP contribution in [0.1, 0.15) is 10.6 Å². The summed E-state index contributed by atoms with van der Waals surface area (Å²) in [5.74, 6) is -0.0928. The highest BCUT2D eigenvalue weighted by atomic mass is 79.9. The van der Waals surface area contributed by atoms with E-state index >= 15 is 0 Å². The van der Waals surface area contributed by atoms with E-state index in [1.54, 1.807) is 30.3 Å². The molecule has 0 unspecified atom stereocenters. The Balaban J connectivity index is 1.81. The molecule has 0 radical (unpaired) electrons. The van der Waals surface area contributed by atoms with E-state index in [9.17, 15) is 4.79 Å². The number of carbonyl (C=O) groups excluding carboxylic acids is 1. The molecule has 0 fully saturated rings. The fraction of sp³-hybridized carbons (Fsp3) is 0. The van der Waals surface area contributed by atoms with Crippen molar-refractivity contribution in [2.75, 3.05) is 0 Å². The lowest BCUT2D eigenvalue weighted by atomic mass is 10.3. The van der Waals surface area contributed by atoms with Crippen LogP contribution in [0.5, 0.6) is 5.75 Å². The Hall–Kier alpha value is -2.48. The Bertz CT molecular complexity index is 739. The molecule has 100 valence electrons. The van der Waals surface area contributed by atoms with Crippen molar-refractivity contribution in [3.8, 4) is 11.4 Å². The van der Waals surface area contributed by atoms with Gasteiger partial charge in [0.1, 0.15) is 12.1 Å². The Morgan fingerprint density at radius 2 is 2.20 bits per heavy atom. The monoisotopic (exact) mass is 334 g/mol. The van der Waals surface area contributed by atoms with Crippen molar-refractivity contribution in [3.63, 3.8) is 0 Å². The van der Waals surface area contributed by atoms with Crippen molar-refractivity contribution in [1.29, 1.82) is 0 Å². The van der Waals surface area contributed by atoms with E-state index in [1.807, 2.05) is 0 Å². The molecule has 0 aliphatic rings. The fourth-order valence-electron chi connectivity index (χ4n) is 1.55. The fourth-order valence-corrected chi connectivity index (χ4v) is 1.86. The van der Waals surface area contributed by atoms with Crippen LogP contribution in [0.3, 0.4) is 0 Å². The number of tetrazole rings is 1. The minimum Gasteiger partial charge on any atom is -0.442 e. The highest BCUT2D eigenvalue weighted by Gasteiger charge is 2.13. The van der Waals surface area contributed by atoms with Gasteiger partial charge in [-0.1, -0.05) is 6.07 Å². The van der Waals surface area contributed by atoms with Crippen LogP contribution in [-0.4, -0.2) is 26.2 Å². The number of nitrogens with zero attached hydrogens (tertiary/aromatic N) is 4. The summed E-state index contributed by atoms with van der Waals surface area (Å²) in [6.07, 6.45) is 1.45. The smallest absolute Gasteiger partial charge is 0.379 e. The summed E-state index contributed by atoms with van der Waals surface area (Å²) in [6, 6.07) is 9.97. The van der Waals surface area contributed by atoms with Gasteiger partial charge in [0.05, 0.1) is 5.69 Å². The highest BCUT2D eigenvalue weighted by Crippen LogP contribution is 2.19. The molecule has 2 aromatic heterocycles. The molecule has 7 nitrogen and oxygen atoms in total. The Morgan fingerprint density at radius 3 is 2.90 bits per heavy atom. The highest BCUT2D eigenvalue weighted by molar-refractivity contribution is 9.10. The third kappa shape index (κ3) is 2.59. The van der Waals surface area contributed by atoms with E-state index in [-0.39, 0.29) is 5.76 Å². The first-order chi connectivity index (χ1) is 9.72. The van der Waals surface area contributed by atoms with E-state index in [0.717, 1.165) is 0 Å². The molecule has 0 aliphatic heterocycles. The Morgan fingerprint density at radius 1 is 1.30 bits per heavy atom. The summed E-state index contributed by atoms with van der Waals surface area (Å²) in [4.78, 5) is 11.8. The Kier molecular flexibility index (Phi) is 3.30. The number of carbonyl (C=O) groups is 1. The second kappa shape index (κ2) is 5.25. The number of hydrogen-bond acceptors (Lipinski definition) is 6. The number of esters is 1. The van der Waals surface area contributed by atoms with E-state index in [4.69, 9.17) is 9.15 Å². The molecule has 20 heavy (non-hydrogen) atoms. The number of furan rings is 1. The third-order valence-electron chi connectivity index (χ3n) is 2.42. The van der Waals surface area contributed by atoms with Crippen molar-refractivity contribution in [1.82, 2.24) is 20.2 Å². The van der Waals surface area contributed by atoms with Gasteiger partial charge in [-0.05, 0) is 50.6 Å². The molecular formula is C12H7BrN4O3. The molecule has 0 spiro atoms. The largest absolute Gasteiger partial charge is 0.442 e. The molecule has 2 heterocycles. The van der Waals surface area contributed by atoms with Crippen molar-refractivity contribution < 1.29 is 13.9 Å². The molecule has 0 bridgehead atoms. The number of hydrogen-bond donors (Lipinski definition) is 0. The Labute approximate surface area is 121 Å². The number of rotatable bonds is 3. The van der Waals surface area contributed by atoms with E-state index in [1.165, 1.54) is 17.1 Å². The second-order valence-electron chi connectivity index (χ2n) is 3.75. The summed E-state index contributed by atoms with van der Waals surface area (Å²) in [7, 11) is 0. The zero-order chi connectivity index (χ0) is 13.9. The maximum Gasteiger partial charge on any atom is 0.379 e. The van der Waals surface area contributed by atoms with Crippen LogP contribution < -0.4 is 4.74 Å². The van der Waals surface area contributed by atoms with Crippen molar-refractivity contribution in [2.24, 2.45) is 0 Å². The van der Waals surface area contributed by atoms with Gasteiger partial charge >= 0.3 is 5.97 Å². The lowest BCUT2D eigenvalue weighted by Crippen LogP contribution is -2.07. The minimum atomic E-state index is -0.579. The summed E-state index contributed by atoms with van der Waals surface area (Å²) in [5, 5.41) is 10.8.